The second kappa shape index (κ2) is 4.91. The number of hydrogen-bond acceptors (Lipinski definition) is 2. The van der Waals surface area contributed by atoms with E-state index in [-0.39, 0.29) is 6.42 Å². The topological polar surface area (TPSA) is 46.2 Å². The van der Waals surface area contributed by atoms with E-state index in [1.54, 1.807) is 6.92 Å². The van der Waals surface area contributed by atoms with Crippen LogP contribution in [-0.2, 0) is 6.18 Å². The first kappa shape index (κ1) is 13.8. The summed E-state index contributed by atoms with van der Waals surface area (Å²) >= 11 is 0. The quantitative estimate of drug-likeness (QED) is 0.809. The molecule has 1 aromatic carbocycles. The largest absolute Gasteiger partial charge is 0.505 e. The zero-order chi connectivity index (χ0) is 13.2. The Hall–Kier alpha value is -1.30. The molecule has 0 aliphatic rings. The normalized spacial score (nSPS) is 13.8. The summed E-state index contributed by atoms with van der Waals surface area (Å²) in [6.45, 7) is 1.74. The van der Waals surface area contributed by atoms with Crippen LogP contribution in [0.25, 0.3) is 0 Å². The summed E-state index contributed by atoms with van der Waals surface area (Å²) in [5, 5.41) is 9.38. The van der Waals surface area contributed by atoms with Gasteiger partial charge in [-0.3, -0.25) is 0 Å². The first-order valence-electron chi connectivity index (χ1n) is 5.13. The molecule has 0 spiro atoms. The monoisotopic (exact) mass is 251 g/mol. The molecule has 0 aliphatic heterocycles. The lowest BCUT2D eigenvalue weighted by Gasteiger charge is -2.19. The Balaban J connectivity index is 3.36. The van der Waals surface area contributed by atoms with Gasteiger partial charge in [0.15, 0.2) is 11.6 Å². The molecule has 96 valence electrons. The number of benzene rings is 1. The highest BCUT2D eigenvalue weighted by molar-refractivity contribution is 5.44. The molecule has 0 unspecified atom stereocenters. The van der Waals surface area contributed by atoms with Crippen LogP contribution in [0.3, 0.4) is 0 Å². The van der Waals surface area contributed by atoms with Crippen LogP contribution in [0.2, 0.25) is 0 Å². The number of aromatic hydroxyl groups is 1. The third-order valence-electron chi connectivity index (χ3n) is 2.44. The van der Waals surface area contributed by atoms with Crippen molar-refractivity contribution in [1.82, 2.24) is 0 Å². The Kier molecular flexibility index (Phi) is 3.98. The first-order chi connectivity index (χ1) is 7.79. The van der Waals surface area contributed by atoms with Gasteiger partial charge in [-0.1, -0.05) is 13.3 Å². The minimum atomic E-state index is -4.66. The molecule has 0 aromatic heterocycles. The second-order valence-corrected chi connectivity index (χ2v) is 3.75. The van der Waals surface area contributed by atoms with E-state index < -0.39 is 34.9 Å². The standard InChI is InChI=1S/C11H13F4NO/c1-2-3-8(16)9-6(11(13,14)15)4-5-7(12)10(9)17/h4-5,8,17H,2-3,16H2,1H3/t8-/m0/s1. The van der Waals surface area contributed by atoms with Crippen molar-refractivity contribution in [3.8, 4) is 5.75 Å². The van der Waals surface area contributed by atoms with Gasteiger partial charge in [-0.15, -0.1) is 0 Å². The summed E-state index contributed by atoms with van der Waals surface area (Å²) in [4.78, 5) is 0. The van der Waals surface area contributed by atoms with Crippen LogP contribution in [0.5, 0.6) is 5.75 Å². The van der Waals surface area contributed by atoms with E-state index in [2.05, 4.69) is 0 Å². The SMILES string of the molecule is CCC[C@H](N)c1c(C(F)(F)F)ccc(F)c1O. The minimum absolute atomic E-state index is 0.236. The molecule has 0 radical (unpaired) electrons. The number of alkyl halides is 3. The van der Waals surface area contributed by atoms with Gasteiger partial charge in [0.05, 0.1) is 5.56 Å². The third-order valence-corrected chi connectivity index (χ3v) is 2.44. The van der Waals surface area contributed by atoms with E-state index in [0.717, 1.165) is 0 Å². The fourth-order valence-electron chi connectivity index (χ4n) is 1.66. The van der Waals surface area contributed by atoms with Gasteiger partial charge in [-0.2, -0.15) is 13.2 Å². The zero-order valence-electron chi connectivity index (χ0n) is 9.18. The molecule has 0 fully saturated rings. The number of phenols is 1. The molecule has 0 aliphatic carbocycles. The van der Waals surface area contributed by atoms with E-state index in [1.165, 1.54) is 0 Å². The molecule has 1 atom stereocenters. The Morgan fingerprint density at radius 3 is 2.41 bits per heavy atom. The predicted molar refractivity (Wildman–Crippen MR) is 54.9 cm³/mol. The first-order valence-corrected chi connectivity index (χ1v) is 5.13. The Morgan fingerprint density at radius 1 is 1.35 bits per heavy atom. The number of hydrogen-bond donors (Lipinski definition) is 2. The van der Waals surface area contributed by atoms with E-state index in [1.807, 2.05) is 0 Å². The highest BCUT2D eigenvalue weighted by Crippen LogP contribution is 2.40. The van der Waals surface area contributed by atoms with E-state index >= 15 is 0 Å². The number of halogens is 4. The molecule has 17 heavy (non-hydrogen) atoms. The molecule has 0 saturated carbocycles. The lowest BCUT2D eigenvalue weighted by atomic mass is 9.96. The van der Waals surface area contributed by atoms with Gasteiger partial charge in [0, 0.05) is 11.6 Å². The Labute approximate surface area is 96.1 Å². The second-order valence-electron chi connectivity index (χ2n) is 3.75. The highest BCUT2D eigenvalue weighted by atomic mass is 19.4. The summed E-state index contributed by atoms with van der Waals surface area (Å²) in [5.74, 6) is -2.11. The lowest BCUT2D eigenvalue weighted by Crippen LogP contribution is -2.18. The van der Waals surface area contributed by atoms with Gasteiger partial charge in [-0.05, 0) is 18.6 Å². The van der Waals surface area contributed by atoms with Crippen molar-refractivity contribution in [2.45, 2.75) is 32.0 Å². The smallest absolute Gasteiger partial charge is 0.416 e. The summed E-state index contributed by atoms with van der Waals surface area (Å²) in [6, 6.07) is 0.146. The van der Waals surface area contributed by atoms with Gasteiger partial charge >= 0.3 is 6.18 Å². The van der Waals surface area contributed by atoms with Crippen molar-refractivity contribution < 1.29 is 22.7 Å². The summed E-state index contributed by atoms with van der Waals surface area (Å²) < 4.78 is 51.1. The third kappa shape index (κ3) is 2.88. The molecule has 3 N–H and O–H groups in total. The maximum atomic E-state index is 13.1. The number of phenolic OH excluding ortho intramolecular Hbond substituents is 1. The molecule has 0 amide bonds. The van der Waals surface area contributed by atoms with Crippen LogP contribution in [0, 0.1) is 5.82 Å². The van der Waals surface area contributed by atoms with Gasteiger partial charge in [0.25, 0.3) is 0 Å². The van der Waals surface area contributed by atoms with E-state index in [4.69, 9.17) is 5.73 Å². The molecule has 0 bridgehead atoms. The van der Waals surface area contributed by atoms with Crippen LogP contribution in [0.4, 0.5) is 17.6 Å². The minimum Gasteiger partial charge on any atom is -0.505 e. The van der Waals surface area contributed by atoms with Gasteiger partial charge in [-0.25, -0.2) is 4.39 Å². The van der Waals surface area contributed by atoms with Crippen LogP contribution in [0.1, 0.15) is 36.9 Å². The molecular weight excluding hydrogens is 238 g/mol. The summed E-state index contributed by atoms with van der Waals surface area (Å²) in [5.41, 5.74) is 3.89. The summed E-state index contributed by atoms with van der Waals surface area (Å²) in [7, 11) is 0. The van der Waals surface area contributed by atoms with Crippen LogP contribution in [0.15, 0.2) is 12.1 Å². The van der Waals surface area contributed by atoms with Crippen LogP contribution in [-0.4, -0.2) is 5.11 Å². The molecule has 1 aromatic rings. The number of nitrogens with two attached hydrogens (primary N) is 1. The average molecular weight is 251 g/mol. The van der Waals surface area contributed by atoms with Crippen molar-refractivity contribution >= 4 is 0 Å². The maximum Gasteiger partial charge on any atom is 0.416 e. The van der Waals surface area contributed by atoms with Gasteiger partial charge in [0.1, 0.15) is 0 Å². The highest BCUT2D eigenvalue weighted by Gasteiger charge is 2.36. The fourth-order valence-corrected chi connectivity index (χ4v) is 1.66. The molecular formula is C11H13F4NO. The number of rotatable bonds is 3. The van der Waals surface area contributed by atoms with Gasteiger partial charge in [0.2, 0.25) is 0 Å². The van der Waals surface area contributed by atoms with Crippen molar-refractivity contribution in [2.24, 2.45) is 5.73 Å². The van der Waals surface area contributed by atoms with Crippen molar-refractivity contribution in [3.05, 3.63) is 29.1 Å². The van der Waals surface area contributed by atoms with Crippen LogP contribution < -0.4 is 5.73 Å². The molecule has 0 heterocycles. The average Bonchev–Trinajstić information content (AvgIpc) is 2.20. The lowest BCUT2D eigenvalue weighted by molar-refractivity contribution is -0.138. The summed E-state index contributed by atoms with van der Waals surface area (Å²) in [6.07, 6.45) is -3.89. The predicted octanol–water partition coefficient (Wildman–Crippen LogP) is 3.35. The Morgan fingerprint density at radius 2 is 1.94 bits per heavy atom. The fraction of sp³-hybridized carbons (Fsp3) is 0.455. The van der Waals surface area contributed by atoms with Crippen molar-refractivity contribution in [1.29, 1.82) is 0 Å². The van der Waals surface area contributed by atoms with E-state index in [0.29, 0.717) is 18.6 Å². The van der Waals surface area contributed by atoms with E-state index in [9.17, 15) is 22.7 Å². The van der Waals surface area contributed by atoms with Gasteiger partial charge < -0.3 is 10.8 Å². The van der Waals surface area contributed by atoms with Crippen LogP contribution >= 0.6 is 0 Å². The molecule has 2 nitrogen and oxygen atoms in total. The van der Waals surface area contributed by atoms with Crippen molar-refractivity contribution in [2.75, 3.05) is 0 Å². The maximum absolute atomic E-state index is 13.1. The Bertz CT molecular complexity index is 403. The molecule has 0 saturated heterocycles. The zero-order valence-corrected chi connectivity index (χ0v) is 9.18. The van der Waals surface area contributed by atoms with Crippen molar-refractivity contribution in [3.63, 3.8) is 0 Å². The molecule has 1 rings (SSSR count). The molecule has 6 heteroatoms.